The van der Waals surface area contributed by atoms with Crippen molar-refractivity contribution >= 4 is 40.8 Å². The first kappa shape index (κ1) is 29.2. The van der Waals surface area contributed by atoms with Crippen LogP contribution in [0.4, 0.5) is 0 Å². The molecule has 3 heterocycles. The van der Waals surface area contributed by atoms with E-state index in [0.29, 0.717) is 23.6 Å². The number of rotatable bonds is 3. The molecule has 2 unspecified atom stereocenters. The van der Waals surface area contributed by atoms with E-state index in [-0.39, 0.29) is 29.8 Å². The zero-order valence-electron chi connectivity index (χ0n) is 22.1. The fraction of sp³-hybridized carbons (Fsp3) is 0.741. The lowest BCUT2D eigenvalue weighted by atomic mass is 9.71. The minimum absolute atomic E-state index is 0.0859. The van der Waals surface area contributed by atoms with Crippen molar-refractivity contribution in [2.24, 2.45) is 17.3 Å². The van der Waals surface area contributed by atoms with E-state index < -0.39 is 35.6 Å². The summed E-state index contributed by atoms with van der Waals surface area (Å²) in [5.41, 5.74) is -0.902. The molecule has 3 rings (SSSR count). The van der Waals surface area contributed by atoms with Gasteiger partial charge in [0.15, 0.2) is 0 Å². The number of aryl methyl sites for hydroxylation is 1. The van der Waals surface area contributed by atoms with Crippen molar-refractivity contribution < 1.29 is 29.3 Å². The Bertz CT molecular complexity index is 977. The van der Waals surface area contributed by atoms with Gasteiger partial charge in [0.2, 0.25) is 0 Å². The Kier molecular flexibility index (Phi) is 9.42. The molecule has 1 aromatic rings. The summed E-state index contributed by atoms with van der Waals surface area (Å²) in [6.07, 6.45) is 1.56. The Labute approximate surface area is 223 Å². The first-order valence-electron chi connectivity index (χ1n) is 12.9. The third-order valence-electron chi connectivity index (χ3n) is 7.90. The third kappa shape index (κ3) is 6.76. The minimum atomic E-state index is -1.27. The number of aliphatic hydroxyl groups excluding tert-OH is 2. The molecule has 7 nitrogen and oxygen atoms in total. The molecule has 2 aliphatic rings. The van der Waals surface area contributed by atoms with Crippen LogP contribution in [0.1, 0.15) is 83.8 Å². The number of halogens is 1. The topological polar surface area (TPSA) is 109 Å². The van der Waals surface area contributed by atoms with Gasteiger partial charge in [-0.2, -0.15) is 0 Å². The molecular weight excluding hydrogens is 502 g/mol. The predicted octanol–water partition coefficient (Wildman–Crippen LogP) is 5.04. The van der Waals surface area contributed by atoms with Gasteiger partial charge in [0.25, 0.3) is 0 Å². The maximum Gasteiger partial charge on any atom is 0.309 e. The summed E-state index contributed by atoms with van der Waals surface area (Å²) in [4.78, 5) is 30.8. The smallest absolute Gasteiger partial charge is 0.309 e. The average Bonchev–Trinajstić information content (AvgIpc) is 3.24. The van der Waals surface area contributed by atoms with Gasteiger partial charge >= 0.3 is 5.97 Å². The van der Waals surface area contributed by atoms with Gasteiger partial charge in [-0.15, -0.1) is 11.3 Å². The molecule has 7 atom stereocenters. The quantitative estimate of drug-likeness (QED) is 0.407. The second-order valence-electron chi connectivity index (χ2n) is 11.1. The maximum absolute atomic E-state index is 13.4. The SMILES string of the molecule is CC[C@H]1C(=O)C(C)(C)[C@H](O)CC(=O)O[C@H](/C(Cl)=C/c2csc(C)n2)CC2OC2(C)CCC[C@@H](C)[C@@H]1O. The molecule has 0 saturated carbocycles. The van der Waals surface area contributed by atoms with Crippen LogP contribution >= 0.6 is 22.9 Å². The van der Waals surface area contributed by atoms with E-state index in [4.69, 9.17) is 21.1 Å². The molecule has 202 valence electrons. The largest absolute Gasteiger partial charge is 0.456 e. The van der Waals surface area contributed by atoms with Gasteiger partial charge in [-0.05, 0) is 45.1 Å². The van der Waals surface area contributed by atoms with Gasteiger partial charge in [0.1, 0.15) is 11.9 Å². The molecule has 9 heteroatoms. The van der Waals surface area contributed by atoms with Crippen LogP contribution in [-0.4, -0.2) is 57.0 Å². The van der Waals surface area contributed by atoms with E-state index in [0.717, 1.165) is 24.3 Å². The summed E-state index contributed by atoms with van der Waals surface area (Å²) in [6.45, 7) is 11.0. The van der Waals surface area contributed by atoms with E-state index >= 15 is 0 Å². The maximum atomic E-state index is 13.4. The number of thiazole rings is 1. The van der Waals surface area contributed by atoms with Crippen molar-refractivity contribution in [1.29, 1.82) is 0 Å². The number of epoxide rings is 1. The summed E-state index contributed by atoms with van der Waals surface area (Å²) < 4.78 is 11.8. The number of fused-ring (bicyclic) bond motifs is 1. The molecule has 0 bridgehead atoms. The van der Waals surface area contributed by atoms with Crippen LogP contribution in [0.15, 0.2) is 10.4 Å². The second kappa shape index (κ2) is 11.6. The molecule has 2 N–H and O–H groups in total. The standard InChI is InChI=1S/C27H40ClNO6S/c1-7-18-24(32)15(2)9-8-10-27(6)22(35-27)12-20(19(28)11-17-14-36-16(3)29-17)34-23(31)13-21(30)26(4,5)25(18)33/h11,14-15,18,20-22,24,30,32H,7-10,12-13H2,1-6H3/b19-11-/t15-,18-,20+,21-,22?,24+,27?/m1/s1. The molecule has 0 radical (unpaired) electrons. The van der Waals surface area contributed by atoms with Crippen LogP contribution in [0.5, 0.6) is 0 Å². The molecule has 0 aromatic carbocycles. The number of hydrogen-bond acceptors (Lipinski definition) is 8. The highest BCUT2D eigenvalue weighted by Gasteiger charge is 2.53. The molecule has 2 saturated heterocycles. The number of ketones is 1. The highest BCUT2D eigenvalue weighted by Crippen LogP contribution is 2.45. The number of esters is 1. The van der Waals surface area contributed by atoms with Crippen LogP contribution < -0.4 is 0 Å². The van der Waals surface area contributed by atoms with Gasteiger partial charge < -0.3 is 19.7 Å². The number of nitrogens with zero attached hydrogens (tertiary/aromatic N) is 1. The van der Waals surface area contributed by atoms with Crippen molar-refractivity contribution in [2.75, 3.05) is 0 Å². The highest BCUT2D eigenvalue weighted by atomic mass is 35.5. The first-order chi connectivity index (χ1) is 16.8. The number of ether oxygens (including phenoxy) is 2. The van der Waals surface area contributed by atoms with E-state index in [9.17, 15) is 19.8 Å². The second-order valence-corrected chi connectivity index (χ2v) is 12.6. The Morgan fingerprint density at radius 2 is 2.00 bits per heavy atom. The Morgan fingerprint density at radius 1 is 1.31 bits per heavy atom. The number of hydrogen-bond donors (Lipinski definition) is 2. The van der Waals surface area contributed by atoms with Gasteiger partial charge in [-0.25, -0.2) is 4.98 Å². The summed E-state index contributed by atoms with van der Waals surface area (Å²) in [7, 11) is 0. The monoisotopic (exact) mass is 541 g/mol. The summed E-state index contributed by atoms with van der Waals surface area (Å²) in [5, 5.41) is 25.0. The fourth-order valence-electron chi connectivity index (χ4n) is 5.09. The van der Waals surface area contributed by atoms with Gasteiger partial charge in [0.05, 0.1) is 51.5 Å². The van der Waals surface area contributed by atoms with Crippen LogP contribution in [0.3, 0.4) is 0 Å². The zero-order valence-corrected chi connectivity index (χ0v) is 23.7. The van der Waals surface area contributed by atoms with Crippen LogP contribution in [0.2, 0.25) is 0 Å². The molecule has 2 fully saturated rings. The summed E-state index contributed by atoms with van der Waals surface area (Å²) in [6, 6.07) is 0. The van der Waals surface area contributed by atoms with E-state index in [2.05, 4.69) is 4.98 Å². The van der Waals surface area contributed by atoms with Crippen molar-refractivity contribution in [3.63, 3.8) is 0 Å². The normalized spacial score (nSPS) is 36.8. The fourth-order valence-corrected chi connectivity index (χ4v) is 5.90. The van der Waals surface area contributed by atoms with Gasteiger partial charge in [0, 0.05) is 17.7 Å². The van der Waals surface area contributed by atoms with Crippen molar-refractivity contribution in [2.45, 2.75) is 110 Å². The van der Waals surface area contributed by atoms with E-state index in [1.807, 2.05) is 33.1 Å². The van der Waals surface area contributed by atoms with Crippen LogP contribution in [0, 0.1) is 24.2 Å². The highest BCUT2D eigenvalue weighted by molar-refractivity contribution is 7.09. The van der Waals surface area contributed by atoms with Crippen molar-refractivity contribution in [3.05, 3.63) is 21.1 Å². The first-order valence-corrected chi connectivity index (χ1v) is 14.1. The van der Waals surface area contributed by atoms with Gasteiger partial charge in [-0.1, -0.05) is 45.7 Å². The predicted molar refractivity (Wildman–Crippen MR) is 141 cm³/mol. The molecule has 0 aliphatic carbocycles. The number of carbonyl (C=O) groups excluding carboxylic acids is 2. The average molecular weight is 542 g/mol. The van der Waals surface area contributed by atoms with Gasteiger partial charge in [-0.3, -0.25) is 9.59 Å². The lowest BCUT2D eigenvalue weighted by Gasteiger charge is -2.35. The lowest BCUT2D eigenvalue weighted by molar-refractivity contribution is -0.154. The molecule has 0 amide bonds. The summed E-state index contributed by atoms with van der Waals surface area (Å²) in [5.74, 6) is -1.61. The van der Waals surface area contributed by atoms with E-state index in [1.165, 1.54) is 11.3 Å². The number of carbonyl (C=O) groups is 2. The lowest BCUT2D eigenvalue weighted by Crippen LogP contribution is -2.46. The Hall–Kier alpha value is -1.32. The molecule has 0 spiro atoms. The zero-order chi connectivity index (χ0) is 26.8. The molecule has 2 aliphatic heterocycles. The van der Waals surface area contributed by atoms with Crippen LogP contribution in [0.25, 0.3) is 6.08 Å². The molecule has 1 aromatic heterocycles. The minimum Gasteiger partial charge on any atom is -0.456 e. The Morgan fingerprint density at radius 3 is 2.61 bits per heavy atom. The van der Waals surface area contributed by atoms with E-state index in [1.54, 1.807) is 19.9 Å². The van der Waals surface area contributed by atoms with Crippen molar-refractivity contribution in [3.8, 4) is 0 Å². The summed E-state index contributed by atoms with van der Waals surface area (Å²) >= 11 is 8.14. The molecule has 36 heavy (non-hydrogen) atoms. The number of aliphatic hydroxyl groups is 2. The molecular formula is C27H40ClNO6S. The van der Waals surface area contributed by atoms with Crippen LogP contribution in [-0.2, 0) is 19.1 Å². The Balaban J connectivity index is 1.87. The number of Topliss-reactive ketones (excluding diaryl/α,β-unsaturated/α-hetero) is 1. The third-order valence-corrected chi connectivity index (χ3v) is 9.04. The number of aromatic nitrogens is 1. The number of cyclic esters (lactones) is 1. The van der Waals surface area contributed by atoms with Crippen molar-refractivity contribution in [1.82, 2.24) is 4.98 Å².